The summed E-state index contributed by atoms with van der Waals surface area (Å²) in [5.74, 6) is 1.74. The fourth-order valence-electron chi connectivity index (χ4n) is 2.29. The van der Waals surface area contributed by atoms with Crippen LogP contribution in [0.5, 0.6) is 5.75 Å². The number of aromatic amines is 1. The van der Waals surface area contributed by atoms with E-state index in [1.807, 2.05) is 42.5 Å². The number of nitrogens with zero attached hydrogens (tertiary/aromatic N) is 1. The van der Waals surface area contributed by atoms with Crippen LogP contribution >= 0.6 is 23.4 Å². The van der Waals surface area contributed by atoms with Crippen molar-refractivity contribution in [2.24, 2.45) is 0 Å². The van der Waals surface area contributed by atoms with Crippen molar-refractivity contribution in [3.05, 3.63) is 65.7 Å². The topological polar surface area (TPSA) is 37.9 Å². The maximum atomic E-state index is 5.98. The van der Waals surface area contributed by atoms with Crippen LogP contribution in [0, 0.1) is 0 Å². The SMILES string of the molecule is C=CCc1ccccc1OCCSc1nc2ccc(Cl)cc2[nH]1. The summed E-state index contributed by atoms with van der Waals surface area (Å²) in [5.41, 5.74) is 3.04. The highest BCUT2D eigenvalue weighted by Crippen LogP contribution is 2.23. The summed E-state index contributed by atoms with van der Waals surface area (Å²) >= 11 is 7.62. The van der Waals surface area contributed by atoms with Gasteiger partial charge in [0.1, 0.15) is 5.75 Å². The molecule has 0 radical (unpaired) electrons. The zero-order chi connectivity index (χ0) is 16.1. The van der Waals surface area contributed by atoms with Gasteiger partial charge in [-0.25, -0.2) is 4.98 Å². The van der Waals surface area contributed by atoms with E-state index >= 15 is 0 Å². The molecular weight excluding hydrogens is 328 g/mol. The van der Waals surface area contributed by atoms with Crippen LogP contribution in [-0.4, -0.2) is 22.3 Å². The number of thioether (sulfide) groups is 1. The van der Waals surface area contributed by atoms with Gasteiger partial charge in [-0.1, -0.05) is 47.6 Å². The predicted octanol–water partition coefficient (Wildman–Crippen LogP) is 5.12. The van der Waals surface area contributed by atoms with E-state index < -0.39 is 0 Å². The molecule has 3 rings (SSSR count). The molecule has 118 valence electrons. The van der Waals surface area contributed by atoms with Crippen molar-refractivity contribution in [1.29, 1.82) is 0 Å². The fraction of sp³-hybridized carbons (Fsp3) is 0.167. The van der Waals surface area contributed by atoms with E-state index in [1.54, 1.807) is 11.8 Å². The number of nitrogens with one attached hydrogen (secondary N) is 1. The number of fused-ring (bicyclic) bond motifs is 1. The Morgan fingerprint density at radius 2 is 2.13 bits per heavy atom. The van der Waals surface area contributed by atoms with Crippen molar-refractivity contribution in [3.8, 4) is 5.75 Å². The third-order valence-electron chi connectivity index (χ3n) is 3.34. The van der Waals surface area contributed by atoms with Gasteiger partial charge >= 0.3 is 0 Å². The van der Waals surface area contributed by atoms with E-state index in [-0.39, 0.29) is 0 Å². The third kappa shape index (κ3) is 4.09. The minimum Gasteiger partial charge on any atom is -0.492 e. The van der Waals surface area contributed by atoms with Crippen molar-refractivity contribution >= 4 is 34.4 Å². The lowest BCUT2D eigenvalue weighted by molar-refractivity contribution is 0.341. The average molecular weight is 345 g/mol. The third-order valence-corrected chi connectivity index (χ3v) is 4.41. The molecule has 0 bridgehead atoms. The van der Waals surface area contributed by atoms with Gasteiger partial charge in [-0.2, -0.15) is 0 Å². The number of aromatic nitrogens is 2. The Bertz CT molecular complexity index is 816. The summed E-state index contributed by atoms with van der Waals surface area (Å²) in [6.07, 6.45) is 2.70. The number of H-pyrrole nitrogens is 1. The fourth-order valence-corrected chi connectivity index (χ4v) is 3.16. The Morgan fingerprint density at radius 3 is 3.00 bits per heavy atom. The van der Waals surface area contributed by atoms with Gasteiger partial charge in [-0.3, -0.25) is 0 Å². The number of imidazole rings is 1. The lowest BCUT2D eigenvalue weighted by Gasteiger charge is -2.09. The van der Waals surface area contributed by atoms with Crippen LogP contribution < -0.4 is 4.74 Å². The first-order valence-corrected chi connectivity index (χ1v) is 8.72. The van der Waals surface area contributed by atoms with Gasteiger partial charge in [0.25, 0.3) is 0 Å². The van der Waals surface area contributed by atoms with Crippen LogP contribution in [0.1, 0.15) is 5.56 Å². The zero-order valence-corrected chi connectivity index (χ0v) is 14.2. The van der Waals surface area contributed by atoms with E-state index in [2.05, 4.69) is 22.6 Å². The van der Waals surface area contributed by atoms with Crippen LogP contribution in [0.25, 0.3) is 11.0 Å². The van der Waals surface area contributed by atoms with E-state index in [0.717, 1.165) is 39.7 Å². The largest absolute Gasteiger partial charge is 0.492 e. The number of para-hydroxylation sites is 1. The molecule has 3 nitrogen and oxygen atoms in total. The molecule has 0 spiro atoms. The first-order chi connectivity index (χ1) is 11.3. The molecule has 1 N–H and O–H groups in total. The maximum Gasteiger partial charge on any atom is 0.166 e. The molecule has 0 saturated heterocycles. The van der Waals surface area contributed by atoms with Gasteiger partial charge in [0.05, 0.1) is 17.6 Å². The Labute approximate surface area is 144 Å². The molecule has 1 heterocycles. The van der Waals surface area contributed by atoms with Gasteiger partial charge in [-0.05, 0) is 36.2 Å². The second kappa shape index (κ2) is 7.57. The summed E-state index contributed by atoms with van der Waals surface area (Å²) in [5, 5.41) is 1.59. The summed E-state index contributed by atoms with van der Waals surface area (Å²) in [6.45, 7) is 4.40. The van der Waals surface area contributed by atoms with E-state index in [0.29, 0.717) is 11.6 Å². The molecule has 0 unspecified atom stereocenters. The average Bonchev–Trinajstić information content (AvgIpc) is 2.95. The van der Waals surface area contributed by atoms with Crippen molar-refractivity contribution in [3.63, 3.8) is 0 Å². The monoisotopic (exact) mass is 344 g/mol. The Hall–Kier alpha value is -1.91. The Kier molecular flexibility index (Phi) is 5.26. The van der Waals surface area contributed by atoms with Gasteiger partial charge in [-0.15, -0.1) is 6.58 Å². The molecule has 0 atom stereocenters. The summed E-state index contributed by atoms with van der Waals surface area (Å²) in [7, 11) is 0. The van der Waals surface area contributed by atoms with E-state index in [4.69, 9.17) is 16.3 Å². The van der Waals surface area contributed by atoms with Crippen LogP contribution in [-0.2, 0) is 6.42 Å². The Balaban J connectivity index is 1.56. The van der Waals surface area contributed by atoms with E-state index in [1.165, 1.54) is 0 Å². The summed E-state index contributed by atoms with van der Waals surface area (Å²) < 4.78 is 5.87. The van der Waals surface area contributed by atoms with Gasteiger partial charge < -0.3 is 9.72 Å². The number of benzene rings is 2. The van der Waals surface area contributed by atoms with Crippen molar-refractivity contribution < 1.29 is 4.74 Å². The highest BCUT2D eigenvalue weighted by molar-refractivity contribution is 7.99. The molecule has 0 aliphatic rings. The molecule has 0 amide bonds. The zero-order valence-electron chi connectivity index (χ0n) is 12.6. The second-order valence-electron chi connectivity index (χ2n) is 5.00. The lowest BCUT2D eigenvalue weighted by Crippen LogP contribution is -2.02. The van der Waals surface area contributed by atoms with Crippen molar-refractivity contribution in [2.75, 3.05) is 12.4 Å². The second-order valence-corrected chi connectivity index (χ2v) is 6.52. The van der Waals surface area contributed by atoms with Gasteiger partial charge in [0, 0.05) is 10.8 Å². The molecule has 23 heavy (non-hydrogen) atoms. The van der Waals surface area contributed by atoms with Crippen LogP contribution in [0.2, 0.25) is 5.02 Å². The lowest BCUT2D eigenvalue weighted by atomic mass is 10.1. The standard InChI is InChI=1S/C18H17ClN2OS/c1-2-5-13-6-3-4-7-17(13)22-10-11-23-18-20-15-9-8-14(19)12-16(15)21-18/h2-4,6-9,12H,1,5,10-11H2,(H,20,21). The normalized spacial score (nSPS) is 10.8. The molecule has 0 aliphatic carbocycles. The first-order valence-electron chi connectivity index (χ1n) is 7.36. The van der Waals surface area contributed by atoms with Crippen molar-refractivity contribution in [2.45, 2.75) is 11.6 Å². The predicted molar refractivity (Wildman–Crippen MR) is 97.7 cm³/mol. The van der Waals surface area contributed by atoms with Crippen LogP contribution in [0.4, 0.5) is 0 Å². The molecule has 0 fully saturated rings. The molecule has 0 saturated carbocycles. The minimum atomic E-state index is 0.622. The minimum absolute atomic E-state index is 0.622. The number of hydrogen-bond acceptors (Lipinski definition) is 3. The smallest absolute Gasteiger partial charge is 0.166 e. The van der Waals surface area contributed by atoms with E-state index in [9.17, 15) is 0 Å². The highest BCUT2D eigenvalue weighted by Gasteiger charge is 2.05. The molecule has 0 aliphatic heterocycles. The summed E-state index contributed by atoms with van der Waals surface area (Å²) in [4.78, 5) is 7.79. The number of halogens is 1. The molecular formula is C18H17ClN2OS. The quantitative estimate of drug-likeness (QED) is 0.367. The van der Waals surface area contributed by atoms with Crippen LogP contribution in [0.3, 0.4) is 0 Å². The molecule has 3 aromatic rings. The number of allylic oxidation sites excluding steroid dienone is 1. The first kappa shape index (κ1) is 16.0. The molecule has 2 aromatic carbocycles. The van der Waals surface area contributed by atoms with Gasteiger partial charge in [0.15, 0.2) is 5.16 Å². The highest BCUT2D eigenvalue weighted by atomic mass is 35.5. The number of rotatable bonds is 7. The number of hydrogen-bond donors (Lipinski definition) is 1. The number of ether oxygens (including phenoxy) is 1. The molecule has 5 heteroatoms. The summed E-state index contributed by atoms with van der Waals surface area (Å²) in [6, 6.07) is 13.7. The maximum absolute atomic E-state index is 5.98. The van der Waals surface area contributed by atoms with Crippen LogP contribution in [0.15, 0.2) is 60.3 Å². The van der Waals surface area contributed by atoms with Crippen molar-refractivity contribution in [1.82, 2.24) is 9.97 Å². The van der Waals surface area contributed by atoms with Gasteiger partial charge in [0.2, 0.25) is 0 Å². The Morgan fingerprint density at radius 1 is 1.26 bits per heavy atom. The molecule has 1 aromatic heterocycles.